The van der Waals surface area contributed by atoms with Crippen LogP contribution in [-0.4, -0.2) is 12.2 Å². The van der Waals surface area contributed by atoms with E-state index in [1.807, 2.05) is 12.1 Å². The van der Waals surface area contributed by atoms with Gasteiger partial charge in [-0.25, -0.2) is 0 Å². The van der Waals surface area contributed by atoms with Crippen LogP contribution in [0.2, 0.25) is 0 Å². The first-order chi connectivity index (χ1) is 6.79. The number of aromatic hydroxyl groups is 1. The zero-order chi connectivity index (χ0) is 9.97. The number of benzene rings is 2. The van der Waals surface area contributed by atoms with Gasteiger partial charge in [0.2, 0.25) is 0 Å². The van der Waals surface area contributed by atoms with E-state index < -0.39 is 0 Å². The highest BCUT2D eigenvalue weighted by atomic mass is 16.3. The monoisotopic (exact) mass is 188 g/mol. The van der Waals surface area contributed by atoms with E-state index in [4.69, 9.17) is 0 Å². The molecule has 0 aliphatic rings. The lowest BCUT2D eigenvalue weighted by Gasteiger charge is -2.01. The van der Waals surface area contributed by atoms with Crippen LogP contribution in [0.3, 0.4) is 0 Å². The molecular formula is C12H14NO+. The number of phenolic OH excluding ortho intramolecular Hbond substituents is 1. The number of hydrogen-bond acceptors (Lipinski definition) is 1. The summed E-state index contributed by atoms with van der Waals surface area (Å²) in [6, 6.07) is 11.8. The molecule has 0 heterocycles. The Kier molecular flexibility index (Phi) is 2.37. The van der Waals surface area contributed by atoms with Gasteiger partial charge in [0.15, 0.2) is 0 Å². The van der Waals surface area contributed by atoms with Gasteiger partial charge in [0, 0.05) is 5.56 Å². The van der Waals surface area contributed by atoms with Gasteiger partial charge in [-0.2, -0.15) is 0 Å². The second-order valence-electron chi connectivity index (χ2n) is 3.48. The molecule has 0 bridgehead atoms. The zero-order valence-electron chi connectivity index (χ0n) is 8.20. The number of quaternary nitrogens is 1. The van der Waals surface area contributed by atoms with Crippen LogP contribution in [0.1, 0.15) is 5.56 Å². The highest BCUT2D eigenvalue weighted by molar-refractivity contribution is 5.84. The average molecular weight is 188 g/mol. The zero-order valence-corrected chi connectivity index (χ0v) is 8.20. The Balaban J connectivity index is 2.50. The van der Waals surface area contributed by atoms with E-state index >= 15 is 0 Å². The first kappa shape index (κ1) is 9.03. The molecule has 0 aromatic heterocycles. The Morgan fingerprint density at radius 1 is 1.07 bits per heavy atom. The molecule has 2 aromatic carbocycles. The van der Waals surface area contributed by atoms with Crippen molar-refractivity contribution in [2.24, 2.45) is 0 Å². The largest absolute Gasteiger partial charge is 0.508 e. The SMILES string of the molecule is C[NH2+]Cc1ccc2cc(O)ccc2c1. The lowest BCUT2D eigenvalue weighted by molar-refractivity contribution is -0.643. The summed E-state index contributed by atoms with van der Waals surface area (Å²) < 4.78 is 0. The van der Waals surface area contributed by atoms with Gasteiger partial charge in [-0.1, -0.05) is 18.2 Å². The summed E-state index contributed by atoms with van der Waals surface area (Å²) in [5, 5.41) is 13.7. The molecule has 0 atom stereocenters. The molecule has 0 radical (unpaired) electrons. The summed E-state index contributed by atoms with van der Waals surface area (Å²) in [4.78, 5) is 0. The van der Waals surface area contributed by atoms with Crippen molar-refractivity contribution in [3.05, 3.63) is 42.0 Å². The van der Waals surface area contributed by atoms with Crippen LogP contribution < -0.4 is 5.32 Å². The molecule has 2 aromatic rings. The van der Waals surface area contributed by atoms with E-state index in [1.54, 1.807) is 12.1 Å². The maximum atomic E-state index is 9.30. The van der Waals surface area contributed by atoms with E-state index in [2.05, 4.69) is 24.5 Å². The molecule has 0 saturated heterocycles. The molecule has 2 nitrogen and oxygen atoms in total. The molecule has 3 N–H and O–H groups in total. The Bertz CT molecular complexity index is 451. The minimum atomic E-state index is 0.326. The van der Waals surface area contributed by atoms with Gasteiger partial charge >= 0.3 is 0 Å². The Labute approximate surface area is 83.2 Å². The van der Waals surface area contributed by atoms with Crippen LogP contribution in [-0.2, 0) is 6.54 Å². The van der Waals surface area contributed by atoms with Gasteiger partial charge < -0.3 is 10.4 Å². The van der Waals surface area contributed by atoms with E-state index in [-0.39, 0.29) is 0 Å². The number of phenols is 1. The fourth-order valence-corrected chi connectivity index (χ4v) is 1.65. The smallest absolute Gasteiger partial charge is 0.116 e. The molecule has 0 spiro atoms. The molecule has 14 heavy (non-hydrogen) atoms. The third-order valence-corrected chi connectivity index (χ3v) is 2.33. The number of rotatable bonds is 2. The van der Waals surface area contributed by atoms with Gasteiger partial charge in [0.1, 0.15) is 12.3 Å². The molecule has 0 amide bonds. The van der Waals surface area contributed by atoms with Crippen molar-refractivity contribution in [2.75, 3.05) is 7.05 Å². The quantitative estimate of drug-likeness (QED) is 0.731. The lowest BCUT2D eigenvalue weighted by atomic mass is 10.1. The van der Waals surface area contributed by atoms with Crippen molar-refractivity contribution in [3.63, 3.8) is 0 Å². The van der Waals surface area contributed by atoms with Crippen LogP contribution >= 0.6 is 0 Å². The van der Waals surface area contributed by atoms with Gasteiger partial charge in [-0.3, -0.25) is 0 Å². The minimum absolute atomic E-state index is 0.326. The van der Waals surface area contributed by atoms with E-state index in [1.165, 1.54) is 10.9 Å². The van der Waals surface area contributed by atoms with Crippen molar-refractivity contribution in [3.8, 4) is 5.75 Å². The van der Waals surface area contributed by atoms with Gasteiger partial charge in [0.25, 0.3) is 0 Å². The van der Waals surface area contributed by atoms with E-state index in [0.717, 1.165) is 11.9 Å². The molecule has 0 aliphatic heterocycles. The number of hydrogen-bond donors (Lipinski definition) is 2. The number of nitrogens with two attached hydrogens (primary N) is 1. The highest BCUT2D eigenvalue weighted by Gasteiger charge is 1.98. The van der Waals surface area contributed by atoms with Crippen molar-refractivity contribution >= 4 is 10.8 Å². The molecule has 0 aliphatic carbocycles. The fourth-order valence-electron chi connectivity index (χ4n) is 1.65. The van der Waals surface area contributed by atoms with E-state index in [0.29, 0.717) is 5.75 Å². The summed E-state index contributed by atoms with van der Waals surface area (Å²) in [5.41, 5.74) is 1.31. The average Bonchev–Trinajstić information content (AvgIpc) is 2.19. The van der Waals surface area contributed by atoms with Crippen LogP contribution in [0.25, 0.3) is 10.8 Å². The van der Waals surface area contributed by atoms with Crippen LogP contribution in [0.15, 0.2) is 36.4 Å². The second-order valence-corrected chi connectivity index (χ2v) is 3.48. The lowest BCUT2D eigenvalue weighted by Crippen LogP contribution is -2.77. The Morgan fingerprint density at radius 2 is 1.79 bits per heavy atom. The third kappa shape index (κ3) is 1.70. The third-order valence-electron chi connectivity index (χ3n) is 2.33. The maximum absolute atomic E-state index is 9.30. The van der Waals surface area contributed by atoms with E-state index in [9.17, 15) is 5.11 Å². The fraction of sp³-hybridized carbons (Fsp3) is 0.167. The van der Waals surface area contributed by atoms with Gasteiger partial charge in [0.05, 0.1) is 7.05 Å². The van der Waals surface area contributed by atoms with Crippen LogP contribution in [0, 0.1) is 0 Å². The summed E-state index contributed by atoms with van der Waals surface area (Å²) in [7, 11) is 2.06. The molecule has 0 unspecified atom stereocenters. The van der Waals surface area contributed by atoms with Crippen molar-refractivity contribution < 1.29 is 10.4 Å². The maximum Gasteiger partial charge on any atom is 0.116 e. The normalized spacial score (nSPS) is 10.6. The van der Waals surface area contributed by atoms with Gasteiger partial charge in [-0.15, -0.1) is 0 Å². The molecule has 2 rings (SSSR count). The molecule has 72 valence electrons. The second kappa shape index (κ2) is 3.68. The predicted molar refractivity (Wildman–Crippen MR) is 57.2 cm³/mol. The van der Waals surface area contributed by atoms with Crippen molar-refractivity contribution in [1.82, 2.24) is 0 Å². The minimum Gasteiger partial charge on any atom is -0.508 e. The molecular weight excluding hydrogens is 174 g/mol. The molecule has 0 fully saturated rings. The van der Waals surface area contributed by atoms with Crippen LogP contribution in [0.5, 0.6) is 5.75 Å². The summed E-state index contributed by atoms with van der Waals surface area (Å²) >= 11 is 0. The Hall–Kier alpha value is -1.54. The summed E-state index contributed by atoms with van der Waals surface area (Å²) in [6.45, 7) is 0.997. The summed E-state index contributed by atoms with van der Waals surface area (Å²) in [6.07, 6.45) is 0. The highest BCUT2D eigenvalue weighted by Crippen LogP contribution is 2.20. The Morgan fingerprint density at radius 3 is 2.57 bits per heavy atom. The topological polar surface area (TPSA) is 36.8 Å². The van der Waals surface area contributed by atoms with Crippen LogP contribution in [0.4, 0.5) is 0 Å². The van der Waals surface area contributed by atoms with Crippen molar-refractivity contribution in [1.29, 1.82) is 0 Å². The molecule has 2 heteroatoms. The predicted octanol–water partition coefficient (Wildman–Crippen LogP) is 1.24. The van der Waals surface area contributed by atoms with Crippen molar-refractivity contribution in [2.45, 2.75) is 6.54 Å². The first-order valence-corrected chi connectivity index (χ1v) is 4.79. The van der Waals surface area contributed by atoms with Gasteiger partial charge in [-0.05, 0) is 29.0 Å². The first-order valence-electron chi connectivity index (χ1n) is 4.79. The molecule has 0 saturated carbocycles. The summed E-state index contributed by atoms with van der Waals surface area (Å²) in [5.74, 6) is 0.326. The number of fused-ring (bicyclic) bond motifs is 1. The standard InChI is InChI=1S/C12H13NO/c1-13-8-9-2-3-11-7-12(14)5-4-10(11)6-9/h2-7,13-14H,8H2,1H3/p+1.